The molecule has 0 aromatic heterocycles. The van der Waals surface area contributed by atoms with Gasteiger partial charge in [-0.2, -0.15) is 0 Å². The Hall–Kier alpha value is -3.60. The van der Waals surface area contributed by atoms with Crippen LogP contribution >= 0.6 is 0 Å². The van der Waals surface area contributed by atoms with Crippen molar-refractivity contribution in [3.63, 3.8) is 0 Å². The lowest BCUT2D eigenvalue weighted by atomic mass is 9.83. The van der Waals surface area contributed by atoms with Gasteiger partial charge in [0, 0.05) is 26.2 Å². The largest absolute Gasteiger partial charge is 0.494 e. The van der Waals surface area contributed by atoms with Gasteiger partial charge in [0.25, 0.3) is 0 Å². The number of ether oxygens (including phenoxy) is 2. The summed E-state index contributed by atoms with van der Waals surface area (Å²) in [5, 5.41) is 0. The summed E-state index contributed by atoms with van der Waals surface area (Å²) < 4.78 is 12.4. The summed E-state index contributed by atoms with van der Waals surface area (Å²) in [7, 11) is 0. The maximum Gasteiger partial charge on any atom is 0.119 e. The van der Waals surface area contributed by atoms with Gasteiger partial charge in [-0.3, -0.25) is 9.80 Å². The van der Waals surface area contributed by atoms with Crippen molar-refractivity contribution in [2.45, 2.75) is 57.0 Å². The Kier molecular flexibility index (Phi) is 7.42. The molecule has 0 amide bonds. The average Bonchev–Trinajstić information content (AvgIpc) is 3.07. The van der Waals surface area contributed by atoms with Crippen molar-refractivity contribution in [1.82, 2.24) is 9.80 Å². The number of hydrogen-bond donors (Lipinski definition) is 0. The predicted molar refractivity (Wildman–Crippen MR) is 172 cm³/mol. The fourth-order valence-electron chi connectivity index (χ4n) is 8.05. The van der Waals surface area contributed by atoms with Crippen LogP contribution in [-0.2, 0) is 25.7 Å². The molecule has 2 atom stereocenters. The SMILES string of the molecule is c1ccc2c(c1)CCN1CCc3cc(OCCCCCOc4ccc5c(c4)CCN4CCc6ccccc6C54)ccc3C21. The molecule has 4 aliphatic rings. The number of unbranched alkanes of at least 4 members (excludes halogenated alkanes) is 2. The van der Waals surface area contributed by atoms with Crippen LogP contribution in [0.25, 0.3) is 0 Å². The minimum absolute atomic E-state index is 0.400. The molecule has 4 aromatic rings. The smallest absolute Gasteiger partial charge is 0.119 e. The lowest BCUT2D eigenvalue weighted by molar-refractivity contribution is 0.201. The Balaban J connectivity index is 0.817. The summed E-state index contributed by atoms with van der Waals surface area (Å²) in [6.07, 6.45) is 7.75. The third kappa shape index (κ3) is 5.25. The molecule has 4 aliphatic heterocycles. The van der Waals surface area contributed by atoms with E-state index < -0.39 is 0 Å². The zero-order valence-electron chi connectivity index (χ0n) is 25.1. The van der Waals surface area contributed by atoms with Gasteiger partial charge in [0.05, 0.1) is 25.3 Å². The molecule has 8 rings (SSSR count). The maximum atomic E-state index is 6.21. The summed E-state index contributed by atoms with van der Waals surface area (Å²) in [5.74, 6) is 2.03. The number of fused-ring (bicyclic) bond motifs is 10. The van der Waals surface area contributed by atoms with Crippen molar-refractivity contribution >= 4 is 0 Å². The Morgan fingerprint density at radius 3 is 1.37 bits per heavy atom. The quantitative estimate of drug-likeness (QED) is 0.207. The van der Waals surface area contributed by atoms with Crippen LogP contribution in [0.5, 0.6) is 11.5 Å². The molecule has 0 radical (unpaired) electrons. The fourth-order valence-corrected chi connectivity index (χ4v) is 8.05. The van der Waals surface area contributed by atoms with E-state index in [4.69, 9.17) is 9.47 Å². The van der Waals surface area contributed by atoms with Gasteiger partial charge in [-0.15, -0.1) is 0 Å². The van der Waals surface area contributed by atoms with Crippen molar-refractivity contribution in [3.05, 3.63) is 129 Å². The summed E-state index contributed by atoms with van der Waals surface area (Å²) in [5.41, 5.74) is 11.8. The van der Waals surface area contributed by atoms with Crippen molar-refractivity contribution in [2.75, 3.05) is 39.4 Å². The molecule has 4 heterocycles. The van der Waals surface area contributed by atoms with E-state index in [0.717, 1.165) is 95.8 Å². The third-order valence-electron chi connectivity index (χ3n) is 10.2. The van der Waals surface area contributed by atoms with Crippen LogP contribution in [0.4, 0.5) is 0 Å². The number of benzene rings is 4. The van der Waals surface area contributed by atoms with E-state index in [1.165, 1.54) is 44.5 Å². The first-order valence-corrected chi connectivity index (χ1v) is 16.5. The summed E-state index contributed by atoms with van der Waals surface area (Å²) in [6, 6.07) is 32.4. The second kappa shape index (κ2) is 11.8. The lowest BCUT2D eigenvalue weighted by Crippen LogP contribution is -2.40. The Morgan fingerprint density at radius 1 is 0.465 bits per heavy atom. The van der Waals surface area contributed by atoms with E-state index in [-0.39, 0.29) is 0 Å². The minimum atomic E-state index is 0.400. The molecule has 0 saturated carbocycles. The first-order chi connectivity index (χ1) is 21.3. The van der Waals surface area contributed by atoms with Gasteiger partial charge in [0.2, 0.25) is 0 Å². The summed E-state index contributed by atoms with van der Waals surface area (Å²) in [4.78, 5) is 5.31. The molecule has 0 N–H and O–H groups in total. The Bertz CT molecular complexity index is 1490. The molecule has 0 spiro atoms. The molecule has 4 nitrogen and oxygen atoms in total. The average molecular weight is 571 g/mol. The summed E-state index contributed by atoms with van der Waals surface area (Å²) >= 11 is 0. The van der Waals surface area contributed by atoms with E-state index in [0.29, 0.717) is 12.1 Å². The van der Waals surface area contributed by atoms with Crippen molar-refractivity contribution in [3.8, 4) is 11.5 Å². The maximum absolute atomic E-state index is 6.21. The molecule has 2 unspecified atom stereocenters. The topological polar surface area (TPSA) is 24.9 Å². The highest BCUT2D eigenvalue weighted by atomic mass is 16.5. The van der Waals surface area contributed by atoms with E-state index in [1.54, 1.807) is 0 Å². The van der Waals surface area contributed by atoms with Crippen molar-refractivity contribution in [1.29, 1.82) is 0 Å². The number of nitrogens with zero attached hydrogens (tertiary/aromatic N) is 2. The molecular formula is C39H42N2O2. The monoisotopic (exact) mass is 570 g/mol. The van der Waals surface area contributed by atoms with Crippen LogP contribution < -0.4 is 9.47 Å². The molecule has 4 heteroatoms. The molecule has 4 aromatic carbocycles. The Labute approximate surface area is 256 Å². The highest BCUT2D eigenvalue weighted by Crippen LogP contribution is 2.42. The van der Waals surface area contributed by atoms with Crippen LogP contribution in [-0.4, -0.2) is 49.2 Å². The molecule has 0 fully saturated rings. The molecule has 43 heavy (non-hydrogen) atoms. The highest BCUT2D eigenvalue weighted by Gasteiger charge is 2.34. The van der Waals surface area contributed by atoms with Crippen LogP contribution in [0, 0.1) is 0 Å². The van der Waals surface area contributed by atoms with E-state index in [1.807, 2.05) is 0 Å². The van der Waals surface area contributed by atoms with E-state index in [2.05, 4.69) is 94.7 Å². The third-order valence-corrected chi connectivity index (χ3v) is 10.2. The van der Waals surface area contributed by atoms with Gasteiger partial charge in [-0.25, -0.2) is 0 Å². The van der Waals surface area contributed by atoms with Gasteiger partial charge in [0.1, 0.15) is 11.5 Å². The van der Waals surface area contributed by atoms with Crippen LogP contribution in [0.15, 0.2) is 84.9 Å². The van der Waals surface area contributed by atoms with Gasteiger partial charge in [-0.05, 0) is 114 Å². The number of rotatable bonds is 8. The van der Waals surface area contributed by atoms with Crippen LogP contribution in [0.1, 0.15) is 75.9 Å². The van der Waals surface area contributed by atoms with Crippen molar-refractivity contribution in [2.24, 2.45) is 0 Å². The zero-order valence-corrected chi connectivity index (χ0v) is 25.1. The first-order valence-electron chi connectivity index (χ1n) is 16.5. The van der Waals surface area contributed by atoms with Gasteiger partial charge in [0.15, 0.2) is 0 Å². The van der Waals surface area contributed by atoms with E-state index >= 15 is 0 Å². The molecule has 220 valence electrons. The minimum Gasteiger partial charge on any atom is -0.494 e. The second-order valence-electron chi connectivity index (χ2n) is 12.8. The molecule has 0 aliphatic carbocycles. The number of hydrogen-bond acceptors (Lipinski definition) is 4. The van der Waals surface area contributed by atoms with E-state index in [9.17, 15) is 0 Å². The zero-order chi connectivity index (χ0) is 28.6. The predicted octanol–water partition coefficient (Wildman–Crippen LogP) is 7.32. The fraction of sp³-hybridized carbons (Fsp3) is 0.385. The molecular weight excluding hydrogens is 528 g/mol. The Morgan fingerprint density at radius 2 is 0.884 bits per heavy atom. The lowest BCUT2D eigenvalue weighted by Gasteiger charge is -2.42. The molecule has 0 saturated heterocycles. The standard InChI is InChI=1S/C39H42N2O2/c1(6-24-42-32-12-14-36-30(26-32)18-22-40-20-16-28-8-2-4-10-34(28)38(36)40)7-25-43-33-13-15-37-31(27-33)19-23-41-21-17-29-9-3-5-11-35(29)39(37)41/h2-5,8-15,26-27,38-39H,1,6-7,16-25H2. The van der Waals surface area contributed by atoms with Crippen LogP contribution in [0.3, 0.4) is 0 Å². The summed E-state index contributed by atoms with van der Waals surface area (Å²) in [6.45, 7) is 6.09. The molecule has 0 bridgehead atoms. The normalized spacial score (nSPS) is 20.6. The highest BCUT2D eigenvalue weighted by molar-refractivity contribution is 5.48. The van der Waals surface area contributed by atoms with Gasteiger partial charge < -0.3 is 9.47 Å². The van der Waals surface area contributed by atoms with Crippen molar-refractivity contribution < 1.29 is 9.47 Å². The van der Waals surface area contributed by atoms with Gasteiger partial charge in [-0.1, -0.05) is 60.7 Å². The first kappa shape index (κ1) is 27.0. The van der Waals surface area contributed by atoms with Gasteiger partial charge >= 0.3 is 0 Å². The van der Waals surface area contributed by atoms with Crippen LogP contribution in [0.2, 0.25) is 0 Å². The second-order valence-corrected chi connectivity index (χ2v) is 12.8.